The van der Waals surface area contributed by atoms with Crippen molar-refractivity contribution >= 4 is 33.2 Å². The number of aromatic nitrogens is 1. The van der Waals surface area contributed by atoms with E-state index in [2.05, 4.69) is 26.1 Å². The van der Waals surface area contributed by atoms with E-state index in [0.717, 1.165) is 21.2 Å². The Kier molecular flexibility index (Phi) is 6.24. The summed E-state index contributed by atoms with van der Waals surface area (Å²) in [4.78, 5) is 3.53. The molecule has 138 valence electrons. The largest absolute Gasteiger partial charge is 0.411 e. The first-order valence-corrected chi connectivity index (χ1v) is 9.50. The zero-order chi connectivity index (χ0) is 19.4. The van der Waals surface area contributed by atoms with Crippen LogP contribution in [0.1, 0.15) is 34.6 Å². The molecule has 0 spiro atoms. The first-order chi connectivity index (χ1) is 13.0. The van der Waals surface area contributed by atoms with Gasteiger partial charge in [-0.05, 0) is 35.7 Å². The fourth-order valence-corrected chi connectivity index (χ4v) is 3.59. The maximum Gasteiger partial charge on any atom is 0.213 e. The molecule has 0 radical (unpaired) electrons. The minimum Gasteiger partial charge on any atom is -0.411 e. The Bertz CT molecular complexity index is 976. The van der Waals surface area contributed by atoms with Crippen molar-refractivity contribution in [2.45, 2.75) is 19.3 Å². The highest BCUT2D eigenvalue weighted by Crippen LogP contribution is 2.33. The van der Waals surface area contributed by atoms with Gasteiger partial charge in [-0.25, -0.2) is 4.98 Å². The summed E-state index contributed by atoms with van der Waals surface area (Å²) in [6.45, 7) is 2.04. The first kappa shape index (κ1) is 19.5. The van der Waals surface area contributed by atoms with Crippen LogP contribution in [0.2, 0.25) is 5.02 Å². The molecule has 0 fully saturated rings. The van der Waals surface area contributed by atoms with Crippen LogP contribution >= 0.6 is 27.5 Å². The van der Waals surface area contributed by atoms with Crippen LogP contribution in [-0.4, -0.2) is 15.9 Å². The Balaban J connectivity index is 2.06. The lowest BCUT2D eigenvalue weighted by Gasteiger charge is -2.21. The van der Waals surface area contributed by atoms with E-state index in [4.69, 9.17) is 11.6 Å². The highest BCUT2D eigenvalue weighted by atomic mass is 79.9. The van der Waals surface area contributed by atoms with Gasteiger partial charge in [0.05, 0.1) is 10.7 Å². The summed E-state index contributed by atoms with van der Waals surface area (Å²) in [6, 6.07) is 17.2. The fraction of sp³-hybridized carbons (Fsp3) is 0.143. The Labute approximate surface area is 170 Å². The average molecular weight is 448 g/mol. The molecule has 0 saturated heterocycles. The predicted octanol–water partition coefficient (Wildman–Crippen LogP) is 6.35. The molecule has 3 rings (SSSR count). The van der Waals surface area contributed by atoms with Crippen molar-refractivity contribution in [3.63, 3.8) is 0 Å². The van der Waals surface area contributed by atoms with Gasteiger partial charge in [0.25, 0.3) is 0 Å². The molecule has 1 unspecified atom stereocenters. The molecule has 0 aliphatic heterocycles. The van der Waals surface area contributed by atoms with Crippen molar-refractivity contribution in [2.24, 2.45) is 5.16 Å². The summed E-state index contributed by atoms with van der Waals surface area (Å²) in [5.74, 6) is -0.760. The van der Waals surface area contributed by atoms with Crippen molar-refractivity contribution < 1.29 is 9.60 Å². The summed E-state index contributed by atoms with van der Waals surface area (Å²) in [7, 11) is 0. The monoisotopic (exact) mass is 446 g/mol. The maximum atomic E-state index is 13.6. The van der Waals surface area contributed by atoms with Crippen LogP contribution in [0.4, 0.5) is 4.39 Å². The number of pyridine rings is 1. The number of benzene rings is 2. The summed E-state index contributed by atoms with van der Waals surface area (Å²) in [5, 5.41) is 13.3. The molecule has 1 N–H and O–H groups in total. The zero-order valence-corrected chi connectivity index (χ0v) is 16.9. The van der Waals surface area contributed by atoms with Crippen LogP contribution in [0.25, 0.3) is 0 Å². The van der Waals surface area contributed by atoms with E-state index in [1.807, 2.05) is 55.5 Å². The molecule has 1 atom stereocenters. The number of halogens is 3. The van der Waals surface area contributed by atoms with Gasteiger partial charge in [-0.3, -0.25) is 0 Å². The van der Waals surface area contributed by atoms with Gasteiger partial charge in [-0.1, -0.05) is 69.1 Å². The summed E-state index contributed by atoms with van der Waals surface area (Å²) in [5.41, 5.74) is 3.92. The normalized spacial score (nSPS) is 12.8. The number of oxime groups is 1. The van der Waals surface area contributed by atoms with Crippen LogP contribution < -0.4 is 0 Å². The zero-order valence-electron chi connectivity index (χ0n) is 14.5. The second-order valence-corrected chi connectivity index (χ2v) is 7.52. The molecule has 2 aromatic carbocycles. The van der Waals surface area contributed by atoms with Crippen molar-refractivity contribution in [3.05, 3.63) is 98.5 Å². The van der Waals surface area contributed by atoms with Crippen molar-refractivity contribution in [3.8, 4) is 0 Å². The Morgan fingerprint density at radius 3 is 2.59 bits per heavy atom. The Morgan fingerprint density at radius 1 is 1.22 bits per heavy atom. The molecule has 0 amide bonds. The van der Waals surface area contributed by atoms with E-state index >= 15 is 0 Å². The lowest BCUT2D eigenvalue weighted by Crippen LogP contribution is -2.12. The van der Waals surface area contributed by atoms with E-state index in [1.165, 1.54) is 12.3 Å². The lowest BCUT2D eigenvalue weighted by molar-refractivity contribution is 0.317. The summed E-state index contributed by atoms with van der Waals surface area (Å²) < 4.78 is 14.6. The topological polar surface area (TPSA) is 45.5 Å². The third kappa shape index (κ3) is 4.54. The number of hydrogen-bond donors (Lipinski definition) is 1. The second kappa shape index (κ2) is 8.63. The van der Waals surface area contributed by atoms with Gasteiger partial charge >= 0.3 is 0 Å². The Morgan fingerprint density at radius 2 is 1.93 bits per heavy atom. The maximum absolute atomic E-state index is 13.6. The molecule has 1 heterocycles. The van der Waals surface area contributed by atoms with Gasteiger partial charge in [0.2, 0.25) is 5.95 Å². The van der Waals surface area contributed by atoms with E-state index in [0.29, 0.717) is 17.7 Å². The van der Waals surface area contributed by atoms with Crippen LogP contribution in [0.5, 0.6) is 0 Å². The van der Waals surface area contributed by atoms with Gasteiger partial charge in [-0.2, -0.15) is 4.39 Å². The number of rotatable bonds is 5. The third-order valence-corrected chi connectivity index (χ3v) is 5.32. The first-order valence-electron chi connectivity index (χ1n) is 8.33. The van der Waals surface area contributed by atoms with Crippen molar-refractivity contribution in [1.29, 1.82) is 0 Å². The smallest absolute Gasteiger partial charge is 0.213 e. The van der Waals surface area contributed by atoms with Crippen LogP contribution in [0, 0.1) is 12.9 Å². The molecule has 1 aromatic heterocycles. The van der Waals surface area contributed by atoms with E-state index in [9.17, 15) is 9.60 Å². The van der Waals surface area contributed by atoms with Gasteiger partial charge < -0.3 is 5.21 Å². The molecular formula is C21H17BrClFN2O. The molecular weight excluding hydrogens is 431 g/mol. The van der Waals surface area contributed by atoms with Crippen LogP contribution in [-0.2, 0) is 0 Å². The number of nitrogens with zero attached hydrogens (tertiary/aromatic N) is 2. The molecule has 3 aromatic rings. The number of aryl methyl sites for hydroxylation is 1. The van der Waals surface area contributed by atoms with Crippen molar-refractivity contribution in [1.82, 2.24) is 4.98 Å². The highest BCUT2D eigenvalue weighted by molar-refractivity contribution is 9.10. The molecule has 0 saturated carbocycles. The average Bonchev–Trinajstić information content (AvgIpc) is 2.67. The van der Waals surface area contributed by atoms with E-state index < -0.39 is 5.95 Å². The van der Waals surface area contributed by atoms with Crippen LogP contribution in [0.15, 0.2) is 70.4 Å². The quantitative estimate of drug-likeness (QED) is 0.214. The minimum absolute atomic E-state index is 0.0857. The fourth-order valence-electron chi connectivity index (χ4n) is 3.11. The van der Waals surface area contributed by atoms with Gasteiger partial charge in [0.1, 0.15) is 0 Å². The van der Waals surface area contributed by atoms with Gasteiger partial charge in [0, 0.05) is 34.6 Å². The van der Waals surface area contributed by atoms with Crippen LogP contribution in [0.3, 0.4) is 0 Å². The standard InChI is InChI=1S/C21H17BrClFN2O/c1-13-4-2-3-5-16(13)17(14-6-8-15(22)9-7-14)10-20(26-27)18-11-21(24)25-12-19(18)23/h2-9,11-12,17,27H,10H2,1H3/b26-20+. The number of hydrogen-bond acceptors (Lipinski definition) is 3. The molecule has 6 heteroatoms. The highest BCUT2D eigenvalue weighted by Gasteiger charge is 2.22. The molecule has 0 bridgehead atoms. The lowest BCUT2D eigenvalue weighted by atomic mass is 9.83. The summed E-state index contributed by atoms with van der Waals surface area (Å²) in [6.07, 6.45) is 1.58. The third-order valence-electron chi connectivity index (χ3n) is 4.49. The minimum atomic E-state index is -0.674. The van der Waals surface area contributed by atoms with Crippen molar-refractivity contribution in [2.75, 3.05) is 0 Å². The SMILES string of the molecule is Cc1ccccc1C(C/C(=N\O)c1cc(F)ncc1Cl)c1ccc(Br)cc1. The van der Waals surface area contributed by atoms with Gasteiger partial charge in [0.15, 0.2) is 0 Å². The molecule has 3 nitrogen and oxygen atoms in total. The Hall–Kier alpha value is -2.24. The van der Waals surface area contributed by atoms with E-state index in [1.54, 1.807) is 0 Å². The van der Waals surface area contributed by atoms with E-state index in [-0.39, 0.29) is 10.9 Å². The predicted molar refractivity (Wildman–Crippen MR) is 109 cm³/mol. The second-order valence-electron chi connectivity index (χ2n) is 6.20. The molecule has 27 heavy (non-hydrogen) atoms. The summed E-state index contributed by atoms with van der Waals surface area (Å²) >= 11 is 9.62. The molecule has 0 aliphatic carbocycles. The molecule has 0 aliphatic rings. The van der Waals surface area contributed by atoms with Gasteiger partial charge in [-0.15, -0.1) is 0 Å².